The van der Waals surface area contributed by atoms with Gasteiger partial charge in [0, 0.05) is 0 Å². The number of H-pyrrole nitrogens is 1. The second-order valence-corrected chi connectivity index (χ2v) is 3.90. The molecule has 0 aromatic carbocycles. The number of anilines is 1. The van der Waals surface area contributed by atoms with Crippen molar-refractivity contribution < 1.29 is 4.74 Å². The van der Waals surface area contributed by atoms with Crippen molar-refractivity contribution >= 4 is 17.5 Å². The van der Waals surface area contributed by atoms with E-state index in [1.165, 1.54) is 0 Å². The molecule has 0 aliphatic rings. The van der Waals surface area contributed by atoms with Crippen molar-refractivity contribution in [2.45, 2.75) is 26.5 Å². The molecule has 9 nitrogen and oxygen atoms in total. The summed E-state index contributed by atoms with van der Waals surface area (Å²) in [5.74, 6) is 0.772. The Hall–Kier alpha value is -2.03. The Morgan fingerprint density at radius 2 is 2.17 bits per heavy atom. The van der Waals surface area contributed by atoms with Gasteiger partial charge < -0.3 is 10.1 Å². The van der Waals surface area contributed by atoms with Crippen LogP contribution in [0.25, 0.3) is 0 Å². The molecular weight excluding hydrogens is 260 g/mol. The van der Waals surface area contributed by atoms with Gasteiger partial charge in [-0.3, -0.25) is 0 Å². The molecule has 10 heteroatoms. The smallest absolute Gasteiger partial charge is 0.322 e. The van der Waals surface area contributed by atoms with E-state index in [2.05, 4.69) is 40.9 Å². The van der Waals surface area contributed by atoms with E-state index in [1.807, 2.05) is 13.8 Å². The number of aromatic nitrogens is 7. The van der Waals surface area contributed by atoms with Gasteiger partial charge in [0.05, 0.1) is 12.6 Å². The number of hydrogen-bond donors (Lipinski definition) is 2. The molecular formula is C8H11ClN8O. The van der Waals surface area contributed by atoms with Gasteiger partial charge in [0.15, 0.2) is 5.82 Å². The summed E-state index contributed by atoms with van der Waals surface area (Å²) >= 11 is 5.76. The van der Waals surface area contributed by atoms with Gasteiger partial charge in [-0.2, -0.15) is 20.2 Å². The molecule has 0 saturated heterocycles. The molecule has 2 aromatic heterocycles. The summed E-state index contributed by atoms with van der Waals surface area (Å²) in [5, 5.41) is 16.3. The zero-order valence-electron chi connectivity index (χ0n) is 9.75. The third-order valence-corrected chi connectivity index (χ3v) is 1.89. The number of nitrogens with one attached hydrogen (secondary N) is 2. The monoisotopic (exact) mass is 270 g/mol. The zero-order chi connectivity index (χ0) is 13.0. The number of tetrazole rings is 1. The van der Waals surface area contributed by atoms with E-state index in [4.69, 9.17) is 16.3 Å². The average Bonchev–Trinajstić information content (AvgIpc) is 2.77. The summed E-state index contributed by atoms with van der Waals surface area (Å²) in [5.41, 5.74) is 0. The van der Waals surface area contributed by atoms with Crippen LogP contribution in [0, 0.1) is 0 Å². The fourth-order valence-corrected chi connectivity index (χ4v) is 1.24. The van der Waals surface area contributed by atoms with Gasteiger partial charge in [0.1, 0.15) is 0 Å². The van der Waals surface area contributed by atoms with Crippen molar-refractivity contribution in [2.24, 2.45) is 0 Å². The first-order valence-electron chi connectivity index (χ1n) is 5.18. The summed E-state index contributed by atoms with van der Waals surface area (Å²) in [4.78, 5) is 11.8. The van der Waals surface area contributed by atoms with Crippen molar-refractivity contribution in [1.29, 1.82) is 0 Å². The van der Waals surface area contributed by atoms with Crippen LogP contribution in [-0.4, -0.2) is 41.7 Å². The van der Waals surface area contributed by atoms with Crippen LogP contribution < -0.4 is 10.1 Å². The lowest BCUT2D eigenvalue weighted by Crippen LogP contribution is -2.11. The topological polar surface area (TPSA) is 114 Å². The summed E-state index contributed by atoms with van der Waals surface area (Å²) < 4.78 is 5.34. The van der Waals surface area contributed by atoms with E-state index in [1.54, 1.807) is 0 Å². The van der Waals surface area contributed by atoms with E-state index in [0.29, 0.717) is 12.4 Å². The van der Waals surface area contributed by atoms with Crippen molar-refractivity contribution in [3.05, 3.63) is 11.1 Å². The second kappa shape index (κ2) is 5.54. The van der Waals surface area contributed by atoms with E-state index < -0.39 is 0 Å². The maximum atomic E-state index is 5.76. The highest BCUT2D eigenvalue weighted by atomic mass is 35.5. The number of rotatable bonds is 5. The minimum atomic E-state index is -0.0477. The van der Waals surface area contributed by atoms with Crippen LogP contribution in [0.5, 0.6) is 6.01 Å². The minimum Gasteiger partial charge on any atom is -0.461 e. The summed E-state index contributed by atoms with van der Waals surface area (Å²) in [6, 6.07) is 0.167. The molecule has 0 amide bonds. The lowest BCUT2D eigenvalue weighted by molar-refractivity contribution is 0.222. The largest absolute Gasteiger partial charge is 0.461 e. The van der Waals surface area contributed by atoms with Crippen molar-refractivity contribution in [1.82, 2.24) is 35.6 Å². The predicted octanol–water partition coefficient (Wildman–Crippen LogP) is 0.437. The molecule has 2 aromatic rings. The highest BCUT2D eigenvalue weighted by Gasteiger charge is 2.08. The molecule has 0 saturated carbocycles. The van der Waals surface area contributed by atoms with Crippen molar-refractivity contribution in [2.75, 3.05) is 5.32 Å². The first-order chi connectivity index (χ1) is 8.63. The Balaban J connectivity index is 2.05. The Morgan fingerprint density at radius 3 is 2.83 bits per heavy atom. The van der Waals surface area contributed by atoms with Gasteiger partial charge in [-0.25, -0.2) is 0 Å². The molecule has 0 atom stereocenters. The lowest BCUT2D eigenvalue weighted by atomic mass is 10.5. The van der Waals surface area contributed by atoms with Gasteiger partial charge in [0.25, 0.3) is 0 Å². The van der Waals surface area contributed by atoms with E-state index in [9.17, 15) is 0 Å². The lowest BCUT2D eigenvalue weighted by Gasteiger charge is -2.08. The number of halogens is 1. The van der Waals surface area contributed by atoms with Crippen LogP contribution in [0.4, 0.5) is 5.95 Å². The highest BCUT2D eigenvalue weighted by Crippen LogP contribution is 2.12. The summed E-state index contributed by atoms with van der Waals surface area (Å²) in [6.45, 7) is 4.05. The van der Waals surface area contributed by atoms with Gasteiger partial charge in [-0.1, -0.05) is 5.21 Å². The summed E-state index contributed by atoms with van der Waals surface area (Å²) in [6.07, 6.45) is -0.0477. The Kier molecular flexibility index (Phi) is 3.82. The molecule has 0 spiro atoms. The zero-order valence-corrected chi connectivity index (χ0v) is 10.5. The first kappa shape index (κ1) is 12.4. The summed E-state index contributed by atoms with van der Waals surface area (Å²) in [7, 11) is 0. The molecule has 0 unspecified atom stereocenters. The third kappa shape index (κ3) is 3.48. The fourth-order valence-electron chi connectivity index (χ4n) is 1.09. The normalized spacial score (nSPS) is 10.7. The average molecular weight is 271 g/mol. The third-order valence-electron chi connectivity index (χ3n) is 1.72. The van der Waals surface area contributed by atoms with Gasteiger partial charge >= 0.3 is 6.01 Å². The quantitative estimate of drug-likeness (QED) is 0.804. The fraction of sp³-hybridized carbons (Fsp3) is 0.500. The van der Waals surface area contributed by atoms with Crippen LogP contribution in [0.2, 0.25) is 5.28 Å². The molecule has 96 valence electrons. The van der Waals surface area contributed by atoms with Gasteiger partial charge in [0.2, 0.25) is 11.2 Å². The van der Waals surface area contributed by atoms with Gasteiger partial charge in [-0.05, 0) is 25.4 Å². The first-order valence-corrected chi connectivity index (χ1v) is 5.55. The van der Waals surface area contributed by atoms with Crippen molar-refractivity contribution in [3.8, 4) is 6.01 Å². The van der Waals surface area contributed by atoms with Crippen LogP contribution in [0.3, 0.4) is 0 Å². The molecule has 18 heavy (non-hydrogen) atoms. The second-order valence-electron chi connectivity index (χ2n) is 3.56. The molecule has 0 bridgehead atoms. The molecule has 2 heterocycles. The predicted molar refractivity (Wildman–Crippen MR) is 62.1 cm³/mol. The number of aromatic amines is 1. The Labute approximate surface area is 107 Å². The van der Waals surface area contributed by atoms with E-state index in [0.717, 1.165) is 0 Å². The van der Waals surface area contributed by atoms with Crippen molar-refractivity contribution in [3.63, 3.8) is 0 Å². The maximum absolute atomic E-state index is 5.76. The van der Waals surface area contributed by atoms with Gasteiger partial charge in [-0.15, -0.1) is 10.2 Å². The standard InChI is InChI=1S/C8H11ClN8O/c1-4(2)18-8-12-6(9)11-7(13-8)10-3-5-14-16-17-15-5/h4H,3H2,1-2H3,(H,10,11,12,13)(H,14,15,16,17). The molecule has 2 N–H and O–H groups in total. The van der Waals surface area contributed by atoms with E-state index >= 15 is 0 Å². The molecule has 0 aliphatic carbocycles. The molecule has 2 rings (SSSR count). The molecule has 0 radical (unpaired) electrons. The van der Waals surface area contributed by atoms with Crippen LogP contribution in [0.1, 0.15) is 19.7 Å². The highest BCUT2D eigenvalue weighted by molar-refractivity contribution is 6.28. The Morgan fingerprint density at radius 1 is 1.33 bits per heavy atom. The number of nitrogens with zero attached hydrogens (tertiary/aromatic N) is 6. The molecule has 0 fully saturated rings. The van der Waals surface area contributed by atoms with Crippen LogP contribution >= 0.6 is 11.6 Å². The molecule has 0 aliphatic heterocycles. The SMILES string of the molecule is CC(C)Oc1nc(Cl)nc(NCc2nn[nH]n2)n1. The number of hydrogen-bond acceptors (Lipinski definition) is 8. The number of ether oxygens (including phenoxy) is 1. The van der Waals surface area contributed by atoms with Crippen LogP contribution in [-0.2, 0) is 6.54 Å². The maximum Gasteiger partial charge on any atom is 0.322 e. The van der Waals surface area contributed by atoms with Crippen LogP contribution in [0.15, 0.2) is 0 Å². The van der Waals surface area contributed by atoms with E-state index in [-0.39, 0.29) is 23.3 Å². The Bertz CT molecular complexity index is 502. The minimum absolute atomic E-state index is 0.0477.